The first-order valence-electron chi connectivity index (χ1n) is 22.0. The average Bonchev–Trinajstić information content (AvgIpc) is 3.57. The summed E-state index contributed by atoms with van der Waals surface area (Å²) in [5, 5.41) is 12.2. The molecule has 2 aromatic heterocycles. The van der Waals surface area contributed by atoms with E-state index in [9.17, 15) is 5.11 Å². The molecule has 0 spiro atoms. The van der Waals surface area contributed by atoms with Crippen LogP contribution in [0.2, 0.25) is 0 Å². The third-order valence-corrected chi connectivity index (χ3v) is 10.7. The summed E-state index contributed by atoms with van der Waals surface area (Å²) in [6, 6.07) is 27.0. The second-order valence-electron chi connectivity index (χ2n) is 19.1. The molecule has 4 heteroatoms. The van der Waals surface area contributed by atoms with Gasteiger partial charge in [-0.05, 0) is 104 Å². The van der Waals surface area contributed by atoms with Crippen LogP contribution in [-0.4, -0.2) is 19.6 Å². The van der Waals surface area contributed by atoms with Crippen molar-refractivity contribution in [2.24, 2.45) is 0 Å². The van der Waals surface area contributed by atoms with Crippen molar-refractivity contribution in [3.05, 3.63) is 144 Å². The molecule has 0 fully saturated rings. The van der Waals surface area contributed by atoms with Crippen molar-refractivity contribution in [3.63, 3.8) is 0 Å². The summed E-state index contributed by atoms with van der Waals surface area (Å²) in [5.41, 5.74) is 10.1. The van der Waals surface area contributed by atoms with E-state index in [1.807, 2.05) is 63.4 Å². The molecule has 286 valence electrons. The Bertz CT molecular complexity index is 2820. The zero-order chi connectivity index (χ0) is 44.7. The van der Waals surface area contributed by atoms with E-state index in [1.54, 1.807) is 4.57 Å². The summed E-state index contributed by atoms with van der Waals surface area (Å²) in [4.78, 5) is 10.2. The molecule has 0 radical (unpaired) electrons. The van der Waals surface area contributed by atoms with Crippen molar-refractivity contribution < 1.29 is 12.0 Å². The van der Waals surface area contributed by atoms with Crippen LogP contribution in [0, 0.1) is 0 Å². The van der Waals surface area contributed by atoms with E-state index in [-0.39, 0.29) is 45.6 Å². The maximum absolute atomic E-state index is 12.2. The van der Waals surface area contributed by atoms with E-state index in [0.29, 0.717) is 16.6 Å². The number of phenols is 1. The van der Waals surface area contributed by atoms with E-state index < -0.39 is 23.5 Å². The standard InChI is InChI=1S/C52H57N3O/c1-49(2,3)37-23-21-33(22-24-37)34-25-26-53-44(30-34)36-27-35(28-38(29-36)50(4,5)6)41-19-16-20-45-46(41)54-48(55(45)40-17-14-13-15-18-40)42-31-39(51(7,8)9)32-43(47(42)56)52(10,11)12/h13-32,56H,1-12H3/i13D,14D,15D,17D,18D. The molecule has 0 aliphatic carbocycles. The molecule has 0 atom stereocenters. The van der Waals surface area contributed by atoms with Crippen LogP contribution in [0.1, 0.15) is 112 Å². The van der Waals surface area contributed by atoms with Gasteiger partial charge in [0.05, 0.1) is 29.1 Å². The average molecular weight is 745 g/mol. The summed E-state index contributed by atoms with van der Waals surface area (Å²) in [6.45, 7) is 25.6. The number of pyridine rings is 1. The molecular formula is C52H57N3O. The SMILES string of the molecule is [2H]c1c([2H])c([2H])c(-n2c(-c3cc(C(C)(C)C)cc(C(C)(C)C)c3O)nc3c(-c4cc(-c5cc(-c6ccc(C(C)(C)C)cc6)ccn5)cc(C(C)(C)C)c4)cccc32)c([2H])c1[2H]. The second kappa shape index (κ2) is 13.9. The highest BCUT2D eigenvalue weighted by atomic mass is 16.3. The van der Waals surface area contributed by atoms with E-state index in [4.69, 9.17) is 16.8 Å². The molecule has 7 rings (SSSR count). The molecule has 0 amide bonds. The molecule has 0 bridgehead atoms. The van der Waals surface area contributed by atoms with Crippen molar-refractivity contribution >= 4 is 11.0 Å². The zero-order valence-corrected chi connectivity index (χ0v) is 34.9. The Morgan fingerprint density at radius 3 is 1.80 bits per heavy atom. The van der Waals surface area contributed by atoms with Gasteiger partial charge in [0.15, 0.2) is 0 Å². The smallest absolute Gasteiger partial charge is 0.149 e. The highest BCUT2D eigenvalue weighted by Gasteiger charge is 2.29. The molecule has 0 saturated carbocycles. The van der Waals surface area contributed by atoms with Gasteiger partial charge < -0.3 is 5.11 Å². The minimum absolute atomic E-state index is 0.0296. The Labute approximate surface area is 341 Å². The largest absolute Gasteiger partial charge is 0.507 e. The molecule has 2 heterocycles. The van der Waals surface area contributed by atoms with Crippen LogP contribution in [0.15, 0.2) is 121 Å². The van der Waals surface area contributed by atoms with Crippen LogP contribution in [0.3, 0.4) is 0 Å². The Morgan fingerprint density at radius 1 is 0.554 bits per heavy atom. The van der Waals surface area contributed by atoms with Gasteiger partial charge in [0.1, 0.15) is 11.6 Å². The van der Waals surface area contributed by atoms with Gasteiger partial charge in [0, 0.05) is 28.6 Å². The number of hydrogen-bond donors (Lipinski definition) is 1. The lowest BCUT2D eigenvalue weighted by molar-refractivity contribution is 0.446. The second-order valence-corrected chi connectivity index (χ2v) is 19.1. The Kier molecular flexibility index (Phi) is 8.14. The maximum Gasteiger partial charge on any atom is 0.149 e. The number of nitrogens with zero attached hydrogens (tertiary/aromatic N) is 3. The fourth-order valence-corrected chi connectivity index (χ4v) is 7.20. The van der Waals surface area contributed by atoms with Gasteiger partial charge in [0.25, 0.3) is 0 Å². The lowest BCUT2D eigenvalue weighted by Crippen LogP contribution is -2.17. The van der Waals surface area contributed by atoms with Crippen LogP contribution in [-0.2, 0) is 21.7 Å². The summed E-state index contributed by atoms with van der Waals surface area (Å²) in [7, 11) is 0. The molecule has 0 saturated heterocycles. The molecule has 1 N–H and O–H groups in total. The van der Waals surface area contributed by atoms with Crippen molar-refractivity contribution in [2.45, 2.75) is 105 Å². The topological polar surface area (TPSA) is 50.9 Å². The van der Waals surface area contributed by atoms with Gasteiger partial charge in [-0.25, -0.2) is 4.98 Å². The van der Waals surface area contributed by atoms with E-state index >= 15 is 0 Å². The summed E-state index contributed by atoms with van der Waals surface area (Å²) in [5.74, 6) is 0.302. The lowest BCUT2D eigenvalue weighted by Gasteiger charge is -2.27. The first-order valence-corrected chi connectivity index (χ1v) is 19.5. The van der Waals surface area contributed by atoms with Crippen LogP contribution in [0.5, 0.6) is 5.75 Å². The Morgan fingerprint density at radius 2 is 1.18 bits per heavy atom. The summed E-state index contributed by atoms with van der Waals surface area (Å²) < 4.78 is 45.7. The molecule has 0 aliphatic rings. The number of aromatic hydroxyl groups is 1. The molecule has 56 heavy (non-hydrogen) atoms. The van der Waals surface area contributed by atoms with Crippen molar-refractivity contribution in [3.8, 4) is 56.3 Å². The predicted octanol–water partition coefficient (Wildman–Crippen LogP) is 14.0. The van der Waals surface area contributed by atoms with Gasteiger partial charge in [-0.15, -0.1) is 0 Å². The zero-order valence-electron chi connectivity index (χ0n) is 39.9. The minimum Gasteiger partial charge on any atom is -0.507 e. The Balaban J connectivity index is 1.54. The van der Waals surface area contributed by atoms with Gasteiger partial charge in [0.2, 0.25) is 0 Å². The van der Waals surface area contributed by atoms with Gasteiger partial charge >= 0.3 is 0 Å². The number of hydrogen-bond acceptors (Lipinski definition) is 3. The molecule has 0 aliphatic heterocycles. The van der Waals surface area contributed by atoms with Gasteiger partial charge in [-0.1, -0.05) is 150 Å². The first kappa shape index (κ1) is 32.7. The van der Waals surface area contributed by atoms with Crippen molar-refractivity contribution in [2.75, 3.05) is 0 Å². The number of phenolic OH excluding ortho intramolecular Hbond substituents is 1. The first-order chi connectivity index (χ1) is 28.3. The summed E-state index contributed by atoms with van der Waals surface area (Å²) >= 11 is 0. The van der Waals surface area contributed by atoms with Gasteiger partial charge in [-0.2, -0.15) is 0 Å². The normalized spacial score (nSPS) is 14.0. The van der Waals surface area contributed by atoms with Crippen molar-refractivity contribution in [1.82, 2.24) is 14.5 Å². The lowest BCUT2D eigenvalue weighted by atomic mass is 9.79. The Hall–Kier alpha value is -5.48. The third kappa shape index (κ3) is 7.54. The number of aromatic nitrogens is 3. The monoisotopic (exact) mass is 744 g/mol. The van der Waals surface area contributed by atoms with E-state index in [0.717, 1.165) is 50.2 Å². The van der Waals surface area contributed by atoms with E-state index in [2.05, 4.69) is 111 Å². The highest BCUT2D eigenvalue weighted by Crippen LogP contribution is 2.45. The summed E-state index contributed by atoms with van der Waals surface area (Å²) in [6.07, 6.45) is 1.85. The van der Waals surface area contributed by atoms with Crippen LogP contribution < -0.4 is 0 Å². The molecular weight excluding hydrogens is 683 g/mol. The van der Waals surface area contributed by atoms with Gasteiger partial charge in [-0.3, -0.25) is 9.55 Å². The number of benzene rings is 5. The maximum atomic E-state index is 12.2. The van der Waals surface area contributed by atoms with Crippen molar-refractivity contribution in [1.29, 1.82) is 0 Å². The van der Waals surface area contributed by atoms with Crippen LogP contribution >= 0.6 is 0 Å². The highest BCUT2D eigenvalue weighted by molar-refractivity contribution is 5.97. The third-order valence-electron chi connectivity index (χ3n) is 10.7. The number of rotatable bonds is 5. The minimum atomic E-state index is -0.482. The van der Waals surface area contributed by atoms with Crippen LogP contribution in [0.25, 0.3) is 61.6 Å². The predicted molar refractivity (Wildman–Crippen MR) is 237 cm³/mol. The number of imidazole rings is 1. The fraction of sp³-hybridized carbons (Fsp3) is 0.308. The fourth-order valence-electron chi connectivity index (χ4n) is 7.20. The molecule has 0 unspecified atom stereocenters. The molecule has 5 aromatic carbocycles. The van der Waals surface area contributed by atoms with E-state index in [1.165, 1.54) is 5.56 Å². The van der Waals surface area contributed by atoms with Crippen LogP contribution in [0.4, 0.5) is 0 Å². The number of fused-ring (bicyclic) bond motifs is 1. The quantitative estimate of drug-likeness (QED) is 0.191. The molecule has 7 aromatic rings. The molecule has 4 nitrogen and oxygen atoms in total. The number of para-hydroxylation sites is 2.